The average Bonchev–Trinajstić information content (AvgIpc) is 2.64. The standard InChI is InChI=1S/C20H25NO9/c1-11(22)26-10-16-17(27-12(2)23)18(28-13(3)24)19(29-14(4)25)20(30-16)21-15-8-6-5-7-9-15/h5-9,16-21H,10H2,1-4H3/t16-,17-,18+,19-,20?/m1/s1. The first-order valence-electron chi connectivity index (χ1n) is 9.29. The van der Waals surface area contributed by atoms with Crippen LogP contribution in [0.1, 0.15) is 27.7 Å². The van der Waals surface area contributed by atoms with Crippen molar-refractivity contribution in [3.63, 3.8) is 0 Å². The topological polar surface area (TPSA) is 126 Å². The van der Waals surface area contributed by atoms with Gasteiger partial charge in [-0.05, 0) is 12.1 Å². The number of para-hydroxylation sites is 1. The van der Waals surface area contributed by atoms with E-state index in [0.717, 1.165) is 0 Å². The fourth-order valence-electron chi connectivity index (χ4n) is 3.04. The minimum Gasteiger partial charge on any atom is -0.463 e. The van der Waals surface area contributed by atoms with Crippen molar-refractivity contribution in [2.75, 3.05) is 11.9 Å². The molecule has 0 aromatic heterocycles. The van der Waals surface area contributed by atoms with Crippen LogP contribution in [0.3, 0.4) is 0 Å². The van der Waals surface area contributed by atoms with Crippen molar-refractivity contribution in [2.24, 2.45) is 0 Å². The SMILES string of the molecule is CC(=O)OC[C@H]1OC(Nc2ccccc2)[C@H](OC(C)=O)[C@@H](OC(C)=O)[C@@H]1OC(C)=O. The molecule has 0 saturated carbocycles. The van der Waals surface area contributed by atoms with E-state index in [1.807, 2.05) is 6.07 Å². The maximum atomic E-state index is 11.8. The highest BCUT2D eigenvalue weighted by molar-refractivity contribution is 5.69. The van der Waals surface area contributed by atoms with Crippen LogP contribution in [0, 0.1) is 0 Å². The molecule has 1 aromatic rings. The molecule has 1 heterocycles. The Balaban J connectivity index is 2.42. The number of nitrogens with one attached hydrogen (secondary N) is 1. The van der Waals surface area contributed by atoms with Crippen LogP contribution < -0.4 is 5.32 Å². The molecule has 164 valence electrons. The summed E-state index contributed by atoms with van der Waals surface area (Å²) in [7, 11) is 0. The Morgan fingerprint density at radius 2 is 1.33 bits per heavy atom. The number of carbonyl (C=O) groups excluding carboxylic acids is 4. The molecule has 0 radical (unpaired) electrons. The van der Waals surface area contributed by atoms with Crippen molar-refractivity contribution in [3.05, 3.63) is 30.3 Å². The molecule has 1 N–H and O–H groups in total. The molecule has 10 nitrogen and oxygen atoms in total. The largest absolute Gasteiger partial charge is 0.463 e. The molecule has 1 fully saturated rings. The second kappa shape index (κ2) is 10.6. The minimum atomic E-state index is -1.20. The second-order valence-electron chi connectivity index (χ2n) is 6.63. The first-order valence-corrected chi connectivity index (χ1v) is 9.29. The van der Waals surface area contributed by atoms with Gasteiger partial charge in [0.2, 0.25) is 0 Å². The van der Waals surface area contributed by atoms with Crippen molar-refractivity contribution in [3.8, 4) is 0 Å². The van der Waals surface area contributed by atoms with Gasteiger partial charge in [0.05, 0.1) is 0 Å². The van der Waals surface area contributed by atoms with Crippen LogP contribution >= 0.6 is 0 Å². The lowest BCUT2D eigenvalue weighted by atomic mass is 9.97. The van der Waals surface area contributed by atoms with E-state index < -0.39 is 54.5 Å². The molecule has 2 rings (SSSR count). The van der Waals surface area contributed by atoms with E-state index in [1.165, 1.54) is 27.7 Å². The molecule has 30 heavy (non-hydrogen) atoms. The molecular weight excluding hydrogens is 398 g/mol. The molecule has 1 aliphatic rings. The fourth-order valence-corrected chi connectivity index (χ4v) is 3.04. The van der Waals surface area contributed by atoms with Gasteiger partial charge < -0.3 is 29.0 Å². The van der Waals surface area contributed by atoms with E-state index in [9.17, 15) is 19.2 Å². The smallest absolute Gasteiger partial charge is 0.303 e. The van der Waals surface area contributed by atoms with E-state index in [2.05, 4.69) is 5.32 Å². The number of carbonyl (C=O) groups is 4. The van der Waals surface area contributed by atoms with Gasteiger partial charge in [-0.3, -0.25) is 19.2 Å². The summed E-state index contributed by atoms with van der Waals surface area (Å²) in [4.78, 5) is 46.5. The van der Waals surface area contributed by atoms with E-state index in [-0.39, 0.29) is 6.61 Å². The highest BCUT2D eigenvalue weighted by Crippen LogP contribution is 2.30. The predicted octanol–water partition coefficient (Wildman–Crippen LogP) is 1.18. The molecule has 5 atom stereocenters. The third-order valence-electron chi connectivity index (χ3n) is 4.07. The zero-order valence-corrected chi connectivity index (χ0v) is 17.2. The van der Waals surface area contributed by atoms with Crippen molar-refractivity contribution in [2.45, 2.75) is 58.3 Å². The summed E-state index contributed by atoms with van der Waals surface area (Å²) in [5.74, 6) is -2.58. The normalized spacial score (nSPS) is 25.5. The monoisotopic (exact) mass is 423 g/mol. The molecular formula is C20H25NO9. The van der Waals surface area contributed by atoms with Gasteiger partial charge in [-0.2, -0.15) is 0 Å². The van der Waals surface area contributed by atoms with Gasteiger partial charge >= 0.3 is 23.9 Å². The number of hydrogen-bond donors (Lipinski definition) is 1. The van der Waals surface area contributed by atoms with Crippen LogP contribution in [-0.2, 0) is 42.9 Å². The molecule has 1 unspecified atom stereocenters. The molecule has 0 bridgehead atoms. The molecule has 1 saturated heterocycles. The van der Waals surface area contributed by atoms with Gasteiger partial charge in [-0.15, -0.1) is 0 Å². The van der Waals surface area contributed by atoms with Gasteiger partial charge in [-0.1, -0.05) is 18.2 Å². The van der Waals surface area contributed by atoms with Gasteiger partial charge in [0, 0.05) is 33.4 Å². The van der Waals surface area contributed by atoms with Gasteiger partial charge in [0.1, 0.15) is 12.7 Å². The third kappa shape index (κ3) is 6.73. The molecule has 0 amide bonds. The molecule has 0 spiro atoms. The van der Waals surface area contributed by atoms with Crippen LogP contribution in [0.4, 0.5) is 5.69 Å². The third-order valence-corrected chi connectivity index (χ3v) is 4.07. The van der Waals surface area contributed by atoms with Crippen molar-refractivity contribution in [1.82, 2.24) is 0 Å². The van der Waals surface area contributed by atoms with Crippen molar-refractivity contribution in [1.29, 1.82) is 0 Å². The summed E-state index contributed by atoms with van der Waals surface area (Å²) >= 11 is 0. The zero-order valence-electron chi connectivity index (χ0n) is 17.2. The summed E-state index contributed by atoms with van der Waals surface area (Å²) in [6.45, 7) is 4.48. The van der Waals surface area contributed by atoms with E-state index >= 15 is 0 Å². The van der Waals surface area contributed by atoms with Gasteiger partial charge in [-0.25, -0.2) is 0 Å². The van der Waals surface area contributed by atoms with E-state index in [1.54, 1.807) is 24.3 Å². The predicted molar refractivity (Wildman–Crippen MR) is 102 cm³/mol. The summed E-state index contributed by atoms with van der Waals surface area (Å²) < 4.78 is 27.0. The summed E-state index contributed by atoms with van der Waals surface area (Å²) in [6.07, 6.45) is -5.51. The van der Waals surface area contributed by atoms with Crippen LogP contribution in [0.5, 0.6) is 0 Å². The first kappa shape index (κ1) is 23.1. The van der Waals surface area contributed by atoms with Gasteiger partial charge in [0.25, 0.3) is 0 Å². The van der Waals surface area contributed by atoms with Crippen LogP contribution in [0.2, 0.25) is 0 Å². The number of anilines is 1. The second-order valence-corrected chi connectivity index (χ2v) is 6.63. The van der Waals surface area contributed by atoms with E-state index in [0.29, 0.717) is 5.69 Å². The molecule has 0 aliphatic carbocycles. The Morgan fingerprint density at radius 3 is 1.87 bits per heavy atom. The Morgan fingerprint density at radius 1 is 0.800 bits per heavy atom. The Hall–Kier alpha value is -3.14. The number of esters is 4. The number of ether oxygens (including phenoxy) is 5. The summed E-state index contributed by atoms with van der Waals surface area (Å²) in [6, 6.07) is 8.90. The Bertz CT molecular complexity index is 767. The summed E-state index contributed by atoms with van der Waals surface area (Å²) in [5.41, 5.74) is 0.637. The molecule has 1 aliphatic heterocycles. The highest BCUT2D eigenvalue weighted by Gasteiger charge is 2.52. The van der Waals surface area contributed by atoms with Gasteiger partial charge in [0.15, 0.2) is 24.5 Å². The highest BCUT2D eigenvalue weighted by atomic mass is 16.7. The van der Waals surface area contributed by atoms with E-state index in [4.69, 9.17) is 23.7 Å². The number of hydrogen-bond acceptors (Lipinski definition) is 10. The Labute approximate surface area is 173 Å². The van der Waals surface area contributed by atoms with Crippen LogP contribution in [0.15, 0.2) is 30.3 Å². The Kier molecular flexibility index (Phi) is 8.16. The van der Waals surface area contributed by atoms with Crippen LogP contribution in [0.25, 0.3) is 0 Å². The lowest BCUT2D eigenvalue weighted by molar-refractivity contribution is -0.247. The zero-order chi connectivity index (χ0) is 22.3. The van der Waals surface area contributed by atoms with Crippen molar-refractivity contribution < 1.29 is 42.9 Å². The number of benzene rings is 1. The van der Waals surface area contributed by atoms with Crippen LogP contribution in [-0.4, -0.2) is 61.1 Å². The molecule has 1 aromatic carbocycles. The summed E-state index contributed by atoms with van der Waals surface area (Å²) in [5, 5.41) is 3.06. The maximum absolute atomic E-state index is 11.8. The first-order chi connectivity index (χ1) is 14.2. The van der Waals surface area contributed by atoms with Crippen molar-refractivity contribution >= 4 is 29.6 Å². The lowest BCUT2D eigenvalue weighted by Gasteiger charge is -2.44. The fraction of sp³-hybridized carbons (Fsp3) is 0.500. The quantitative estimate of drug-likeness (QED) is 0.504. The maximum Gasteiger partial charge on any atom is 0.303 e. The minimum absolute atomic E-state index is 0.273. The average molecular weight is 423 g/mol. The molecule has 10 heteroatoms. The number of rotatable bonds is 7. The lowest BCUT2D eigenvalue weighted by Crippen LogP contribution is -2.64.